The summed E-state index contributed by atoms with van der Waals surface area (Å²) in [5, 5.41) is 0. The number of aryl methyl sites for hydroxylation is 2. The van der Waals surface area contributed by atoms with Crippen molar-refractivity contribution in [3.63, 3.8) is 0 Å². The zero-order valence-corrected chi connectivity index (χ0v) is 20.5. The molecule has 3 nitrogen and oxygen atoms in total. The Morgan fingerprint density at radius 1 is 0.730 bits per heavy atom. The maximum absolute atomic E-state index is 14.8. The SMILES string of the molecule is Cc1cc(F)c(F)c(F)c1N1CCN(Cc2cc(C)n(-c3ccc(F)cc3F)c2-c2ccccc2)CC1. The van der Waals surface area contributed by atoms with Crippen LogP contribution in [-0.2, 0) is 6.54 Å². The van der Waals surface area contributed by atoms with E-state index in [1.54, 1.807) is 16.4 Å². The van der Waals surface area contributed by atoms with Crippen molar-refractivity contribution in [1.82, 2.24) is 9.47 Å². The van der Waals surface area contributed by atoms with Crippen LogP contribution in [0.1, 0.15) is 16.8 Å². The largest absolute Gasteiger partial charge is 0.366 e. The molecule has 0 unspecified atom stereocenters. The maximum Gasteiger partial charge on any atom is 0.196 e. The van der Waals surface area contributed by atoms with Crippen molar-refractivity contribution in [2.45, 2.75) is 20.4 Å². The molecule has 1 fully saturated rings. The van der Waals surface area contributed by atoms with E-state index in [2.05, 4.69) is 4.90 Å². The molecular formula is C29H26F5N3. The molecule has 1 aliphatic rings. The van der Waals surface area contributed by atoms with Crippen LogP contribution in [0, 0.1) is 42.9 Å². The minimum absolute atomic E-state index is 0.0947. The van der Waals surface area contributed by atoms with Gasteiger partial charge in [-0.3, -0.25) is 4.90 Å². The Morgan fingerprint density at radius 3 is 2.11 bits per heavy atom. The van der Waals surface area contributed by atoms with Crippen LogP contribution in [0.15, 0.2) is 60.7 Å². The molecule has 0 saturated carbocycles. The zero-order valence-electron chi connectivity index (χ0n) is 20.5. The van der Waals surface area contributed by atoms with Crippen molar-refractivity contribution in [2.24, 2.45) is 0 Å². The van der Waals surface area contributed by atoms with Gasteiger partial charge in [-0.15, -0.1) is 0 Å². The first-order chi connectivity index (χ1) is 17.7. The standard InChI is InChI=1S/C29H26F5N3/c1-18-14-24(32)26(33)27(34)28(18)36-12-10-35(11-13-36)17-21-15-19(2)37(25-9-8-22(30)16-23(25)31)29(21)20-6-4-3-5-7-20/h3-9,14-16H,10-13,17H2,1-2H3. The second-order valence-corrected chi connectivity index (χ2v) is 9.37. The van der Waals surface area contributed by atoms with E-state index in [0.29, 0.717) is 38.3 Å². The molecule has 0 N–H and O–H groups in total. The summed E-state index contributed by atoms with van der Waals surface area (Å²) in [5.41, 5.74) is 4.19. The lowest BCUT2D eigenvalue weighted by Gasteiger charge is -2.37. The van der Waals surface area contributed by atoms with Gasteiger partial charge in [0.2, 0.25) is 0 Å². The molecule has 0 spiro atoms. The third-order valence-corrected chi connectivity index (χ3v) is 6.87. The fraction of sp³-hybridized carbons (Fsp3) is 0.241. The van der Waals surface area contributed by atoms with Crippen LogP contribution < -0.4 is 4.90 Å². The Hall–Kier alpha value is -3.65. The van der Waals surface area contributed by atoms with Crippen molar-refractivity contribution in [2.75, 3.05) is 31.1 Å². The Morgan fingerprint density at radius 2 is 1.43 bits per heavy atom. The molecular weight excluding hydrogens is 485 g/mol. The third kappa shape index (κ3) is 4.73. The first-order valence-electron chi connectivity index (χ1n) is 12.1. The molecule has 1 aliphatic heterocycles. The van der Waals surface area contributed by atoms with Gasteiger partial charge in [0.15, 0.2) is 17.5 Å². The Labute approximate surface area is 212 Å². The second kappa shape index (κ2) is 10.0. The number of hydrogen-bond acceptors (Lipinski definition) is 2. The van der Waals surface area contributed by atoms with Crippen LogP contribution in [0.25, 0.3) is 16.9 Å². The number of rotatable bonds is 5. The van der Waals surface area contributed by atoms with Gasteiger partial charge in [-0.25, -0.2) is 22.0 Å². The van der Waals surface area contributed by atoms with Crippen LogP contribution in [0.3, 0.4) is 0 Å². The average molecular weight is 512 g/mol. The van der Waals surface area contributed by atoms with Gasteiger partial charge in [0.05, 0.1) is 17.1 Å². The summed E-state index contributed by atoms with van der Waals surface area (Å²) in [6, 6.07) is 16.2. The summed E-state index contributed by atoms with van der Waals surface area (Å²) in [6.07, 6.45) is 0. The highest BCUT2D eigenvalue weighted by atomic mass is 19.2. The van der Waals surface area contributed by atoms with Crippen LogP contribution in [0.4, 0.5) is 27.6 Å². The normalized spacial score (nSPS) is 14.4. The monoisotopic (exact) mass is 511 g/mol. The number of piperazine rings is 1. The van der Waals surface area contributed by atoms with E-state index >= 15 is 0 Å². The van der Waals surface area contributed by atoms with Crippen molar-refractivity contribution in [3.8, 4) is 16.9 Å². The molecule has 2 heterocycles. The van der Waals surface area contributed by atoms with E-state index in [4.69, 9.17) is 0 Å². The van der Waals surface area contributed by atoms with Gasteiger partial charge in [0.25, 0.3) is 0 Å². The van der Waals surface area contributed by atoms with Crippen molar-refractivity contribution < 1.29 is 22.0 Å². The van der Waals surface area contributed by atoms with Crippen molar-refractivity contribution in [3.05, 3.63) is 107 Å². The topological polar surface area (TPSA) is 11.4 Å². The van der Waals surface area contributed by atoms with Gasteiger partial charge in [-0.2, -0.15) is 0 Å². The quantitative estimate of drug-likeness (QED) is 0.216. The van der Waals surface area contributed by atoms with Gasteiger partial charge in [0.1, 0.15) is 11.6 Å². The first kappa shape index (κ1) is 25.0. The predicted octanol–water partition coefficient (Wildman–Crippen LogP) is 6.78. The number of aromatic nitrogens is 1. The summed E-state index contributed by atoms with van der Waals surface area (Å²) in [7, 11) is 0. The van der Waals surface area contributed by atoms with E-state index in [-0.39, 0.29) is 11.4 Å². The summed E-state index contributed by atoms with van der Waals surface area (Å²) in [4.78, 5) is 3.93. The predicted molar refractivity (Wildman–Crippen MR) is 134 cm³/mol. The minimum Gasteiger partial charge on any atom is -0.366 e. The highest BCUT2D eigenvalue weighted by Gasteiger charge is 2.26. The van der Waals surface area contributed by atoms with Crippen molar-refractivity contribution in [1.29, 1.82) is 0 Å². The third-order valence-electron chi connectivity index (χ3n) is 6.87. The lowest BCUT2D eigenvalue weighted by Crippen LogP contribution is -2.46. The van der Waals surface area contributed by atoms with E-state index < -0.39 is 29.1 Å². The zero-order chi connectivity index (χ0) is 26.3. The molecule has 0 aliphatic carbocycles. The number of anilines is 1. The fourth-order valence-corrected chi connectivity index (χ4v) is 5.17. The molecule has 8 heteroatoms. The van der Waals surface area contributed by atoms with Crippen molar-refractivity contribution >= 4 is 5.69 Å². The van der Waals surface area contributed by atoms with E-state index in [1.165, 1.54) is 12.1 Å². The highest BCUT2D eigenvalue weighted by molar-refractivity contribution is 5.68. The lowest BCUT2D eigenvalue weighted by molar-refractivity contribution is 0.249. The second-order valence-electron chi connectivity index (χ2n) is 9.37. The molecule has 37 heavy (non-hydrogen) atoms. The van der Waals surface area contributed by atoms with Crippen LogP contribution >= 0.6 is 0 Å². The summed E-state index contributed by atoms with van der Waals surface area (Å²) >= 11 is 0. The lowest BCUT2D eigenvalue weighted by atomic mass is 10.1. The minimum atomic E-state index is -1.46. The summed E-state index contributed by atoms with van der Waals surface area (Å²) in [6.45, 7) is 6.02. The molecule has 5 rings (SSSR count). The van der Waals surface area contributed by atoms with Gasteiger partial charge < -0.3 is 9.47 Å². The first-order valence-corrected chi connectivity index (χ1v) is 12.1. The molecule has 0 amide bonds. The van der Waals surface area contributed by atoms with E-state index in [0.717, 1.165) is 34.6 Å². The molecule has 192 valence electrons. The average Bonchev–Trinajstić information content (AvgIpc) is 3.19. The number of halogens is 5. The molecule has 0 atom stereocenters. The summed E-state index contributed by atoms with van der Waals surface area (Å²) < 4.78 is 72.3. The smallest absolute Gasteiger partial charge is 0.196 e. The molecule has 1 saturated heterocycles. The van der Waals surface area contributed by atoms with E-state index in [1.807, 2.05) is 43.3 Å². The summed E-state index contributed by atoms with van der Waals surface area (Å²) in [5.74, 6) is -5.10. The molecule has 1 aromatic heterocycles. The molecule has 3 aromatic carbocycles. The maximum atomic E-state index is 14.8. The Bertz CT molecular complexity index is 1440. The number of nitrogens with zero attached hydrogens (tertiary/aromatic N) is 3. The highest BCUT2D eigenvalue weighted by Crippen LogP contribution is 2.34. The van der Waals surface area contributed by atoms with Crippen LogP contribution in [-0.4, -0.2) is 35.6 Å². The Kier molecular flexibility index (Phi) is 6.77. The van der Waals surface area contributed by atoms with Gasteiger partial charge in [-0.1, -0.05) is 30.3 Å². The van der Waals surface area contributed by atoms with Gasteiger partial charge in [-0.05, 0) is 54.8 Å². The number of hydrogen-bond donors (Lipinski definition) is 0. The fourth-order valence-electron chi connectivity index (χ4n) is 5.17. The Balaban J connectivity index is 1.44. The molecule has 0 bridgehead atoms. The molecule has 0 radical (unpaired) electrons. The van der Waals surface area contributed by atoms with Crippen LogP contribution in [0.2, 0.25) is 0 Å². The van der Waals surface area contributed by atoms with Gasteiger partial charge >= 0.3 is 0 Å². The van der Waals surface area contributed by atoms with E-state index in [9.17, 15) is 22.0 Å². The van der Waals surface area contributed by atoms with Crippen LogP contribution in [0.5, 0.6) is 0 Å². The number of benzene rings is 3. The van der Waals surface area contributed by atoms with Gasteiger partial charge in [0, 0.05) is 44.5 Å². The molecule has 4 aromatic rings.